The van der Waals surface area contributed by atoms with Gasteiger partial charge in [0.2, 0.25) is 0 Å². The van der Waals surface area contributed by atoms with E-state index in [9.17, 15) is 13.2 Å². The van der Waals surface area contributed by atoms with Gasteiger partial charge in [-0.25, -0.2) is 4.68 Å². The average Bonchev–Trinajstić information content (AvgIpc) is 2.87. The number of hydrogen-bond donors (Lipinski definition) is 2. The van der Waals surface area contributed by atoms with Crippen molar-refractivity contribution in [3.8, 4) is 5.69 Å². The lowest BCUT2D eigenvalue weighted by molar-refractivity contribution is -0.137. The van der Waals surface area contributed by atoms with Crippen molar-refractivity contribution in [3.63, 3.8) is 0 Å². The molecule has 5 nitrogen and oxygen atoms in total. The molecule has 0 atom stereocenters. The molecule has 0 bridgehead atoms. The molecule has 1 aromatic heterocycles. The van der Waals surface area contributed by atoms with Crippen LogP contribution in [0.25, 0.3) is 5.69 Å². The topological polar surface area (TPSA) is 76.4 Å². The van der Waals surface area contributed by atoms with Crippen molar-refractivity contribution in [2.75, 3.05) is 0 Å². The van der Waals surface area contributed by atoms with Crippen molar-refractivity contribution in [1.82, 2.24) is 9.78 Å². The van der Waals surface area contributed by atoms with Gasteiger partial charge in [-0.15, -0.1) is 0 Å². The molecule has 2 aromatic rings. The van der Waals surface area contributed by atoms with Gasteiger partial charge in [-0.1, -0.05) is 16.8 Å². The van der Waals surface area contributed by atoms with Gasteiger partial charge in [0, 0.05) is 16.8 Å². The summed E-state index contributed by atoms with van der Waals surface area (Å²) in [7, 11) is 0. The van der Waals surface area contributed by atoms with Crippen LogP contribution in [-0.4, -0.2) is 20.8 Å². The highest BCUT2D eigenvalue weighted by atomic mass is 35.5. The Morgan fingerprint density at radius 3 is 2.65 bits per heavy atom. The first-order chi connectivity index (χ1) is 9.32. The molecule has 1 aromatic carbocycles. The first-order valence-electron chi connectivity index (χ1n) is 5.22. The van der Waals surface area contributed by atoms with Crippen molar-refractivity contribution in [2.45, 2.75) is 6.18 Å². The summed E-state index contributed by atoms with van der Waals surface area (Å²) in [5.41, 5.74) is 4.94. The minimum Gasteiger partial charge on any atom is -0.409 e. The Balaban J connectivity index is 2.56. The number of hydrogen-bond acceptors (Lipinski definition) is 3. The van der Waals surface area contributed by atoms with Gasteiger partial charge in [-0.2, -0.15) is 18.3 Å². The molecule has 1 heterocycles. The normalized spacial score (nSPS) is 12.7. The van der Waals surface area contributed by atoms with Gasteiger partial charge in [-0.3, -0.25) is 0 Å². The van der Waals surface area contributed by atoms with Crippen LogP contribution in [-0.2, 0) is 6.18 Å². The summed E-state index contributed by atoms with van der Waals surface area (Å²) in [6.45, 7) is 0. The van der Waals surface area contributed by atoms with Crippen LogP contribution in [0.5, 0.6) is 0 Å². The second-order valence-corrected chi connectivity index (χ2v) is 4.25. The number of halogens is 4. The van der Waals surface area contributed by atoms with Gasteiger partial charge >= 0.3 is 6.18 Å². The highest BCUT2D eigenvalue weighted by molar-refractivity contribution is 6.31. The minimum atomic E-state index is -4.50. The molecule has 0 aliphatic carbocycles. The predicted molar refractivity (Wildman–Crippen MR) is 66.1 cm³/mol. The molecular formula is C11H8ClF3N4O. The quantitative estimate of drug-likeness (QED) is 0.387. The fourth-order valence-electron chi connectivity index (χ4n) is 1.57. The van der Waals surface area contributed by atoms with E-state index in [1.807, 2.05) is 0 Å². The van der Waals surface area contributed by atoms with Gasteiger partial charge in [0.1, 0.15) is 0 Å². The highest BCUT2D eigenvalue weighted by Gasteiger charge is 2.32. The number of aromatic nitrogens is 2. The lowest BCUT2D eigenvalue weighted by Gasteiger charge is -2.09. The average molecular weight is 305 g/mol. The third kappa shape index (κ3) is 2.69. The van der Waals surface area contributed by atoms with Gasteiger partial charge in [-0.05, 0) is 18.2 Å². The monoisotopic (exact) mass is 304 g/mol. The lowest BCUT2D eigenvalue weighted by atomic mass is 10.1. The second kappa shape index (κ2) is 5.04. The molecule has 20 heavy (non-hydrogen) atoms. The molecule has 0 amide bonds. The van der Waals surface area contributed by atoms with Crippen molar-refractivity contribution in [3.05, 3.63) is 46.7 Å². The van der Waals surface area contributed by atoms with E-state index in [0.717, 1.165) is 10.9 Å². The van der Waals surface area contributed by atoms with E-state index in [2.05, 4.69) is 10.3 Å². The molecule has 3 N–H and O–H groups in total. The van der Waals surface area contributed by atoms with Crippen LogP contribution in [0.3, 0.4) is 0 Å². The SMILES string of the molecule is NC(=NO)c1cc(Cl)ccc1-n1cc(C(F)(F)F)cn1. The Hall–Kier alpha value is -2.22. The summed E-state index contributed by atoms with van der Waals surface area (Å²) in [6.07, 6.45) is -3.01. The highest BCUT2D eigenvalue weighted by Crippen LogP contribution is 2.29. The Labute approximate surface area is 116 Å². The van der Waals surface area contributed by atoms with Crippen LogP contribution >= 0.6 is 11.6 Å². The molecule has 0 saturated carbocycles. The first kappa shape index (κ1) is 14.2. The molecule has 106 valence electrons. The van der Waals surface area contributed by atoms with Gasteiger partial charge in [0.15, 0.2) is 5.84 Å². The maximum atomic E-state index is 12.5. The maximum Gasteiger partial charge on any atom is 0.419 e. The van der Waals surface area contributed by atoms with Gasteiger partial charge in [0.25, 0.3) is 0 Å². The van der Waals surface area contributed by atoms with E-state index in [4.69, 9.17) is 22.5 Å². The lowest BCUT2D eigenvalue weighted by Crippen LogP contribution is -2.16. The van der Waals surface area contributed by atoms with Crippen LogP contribution < -0.4 is 5.73 Å². The smallest absolute Gasteiger partial charge is 0.409 e. The molecule has 0 spiro atoms. The molecule has 9 heteroatoms. The summed E-state index contributed by atoms with van der Waals surface area (Å²) in [5, 5.41) is 15.4. The zero-order chi connectivity index (χ0) is 14.9. The van der Waals surface area contributed by atoms with Crippen molar-refractivity contribution >= 4 is 17.4 Å². The third-order valence-corrected chi connectivity index (χ3v) is 2.73. The molecule has 0 unspecified atom stereocenters. The Morgan fingerprint density at radius 2 is 2.10 bits per heavy atom. The molecule has 0 radical (unpaired) electrons. The molecule has 0 aliphatic heterocycles. The van der Waals surface area contributed by atoms with E-state index in [1.54, 1.807) is 0 Å². The second-order valence-electron chi connectivity index (χ2n) is 3.82. The van der Waals surface area contributed by atoms with Crippen LogP contribution in [0.4, 0.5) is 13.2 Å². The fourth-order valence-corrected chi connectivity index (χ4v) is 1.74. The van der Waals surface area contributed by atoms with Crippen molar-refractivity contribution < 1.29 is 18.4 Å². The Kier molecular flexibility index (Phi) is 3.58. The Morgan fingerprint density at radius 1 is 1.40 bits per heavy atom. The Bertz CT molecular complexity index is 666. The fraction of sp³-hybridized carbons (Fsp3) is 0.0909. The van der Waals surface area contributed by atoms with E-state index in [0.29, 0.717) is 11.2 Å². The molecular weight excluding hydrogens is 297 g/mol. The number of oxime groups is 1. The first-order valence-corrected chi connectivity index (χ1v) is 5.60. The van der Waals surface area contributed by atoms with E-state index >= 15 is 0 Å². The van der Waals surface area contributed by atoms with Crippen LogP contribution in [0, 0.1) is 0 Å². The molecule has 0 aliphatic rings. The number of nitrogens with zero attached hydrogens (tertiary/aromatic N) is 3. The number of amidine groups is 1. The summed E-state index contributed by atoms with van der Waals surface area (Å²) in [4.78, 5) is 0. The standard InChI is InChI=1S/C11H8ClF3N4O/c12-7-1-2-9(8(3-7)10(16)18-20)19-5-6(4-17-19)11(13,14)15/h1-5,20H,(H2,16,18). The summed E-state index contributed by atoms with van der Waals surface area (Å²) in [6, 6.07) is 4.24. The number of benzene rings is 1. The van der Waals surface area contributed by atoms with Crippen molar-refractivity contribution in [2.24, 2.45) is 10.9 Å². The third-order valence-electron chi connectivity index (χ3n) is 2.50. The largest absolute Gasteiger partial charge is 0.419 e. The van der Waals surface area contributed by atoms with Gasteiger partial charge < -0.3 is 10.9 Å². The van der Waals surface area contributed by atoms with Gasteiger partial charge in [0.05, 0.1) is 17.4 Å². The number of nitrogens with two attached hydrogens (primary N) is 1. The molecule has 0 saturated heterocycles. The van der Waals surface area contributed by atoms with Crippen LogP contribution in [0.2, 0.25) is 5.02 Å². The zero-order valence-corrected chi connectivity index (χ0v) is 10.5. The number of alkyl halides is 3. The predicted octanol–water partition coefficient (Wildman–Crippen LogP) is 2.64. The zero-order valence-electron chi connectivity index (χ0n) is 9.76. The molecule has 0 fully saturated rings. The van der Waals surface area contributed by atoms with Crippen LogP contribution in [0.15, 0.2) is 35.7 Å². The summed E-state index contributed by atoms with van der Waals surface area (Å²) < 4.78 is 38.6. The summed E-state index contributed by atoms with van der Waals surface area (Å²) >= 11 is 5.78. The van der Waals surface area contributed by atoms with Crippen molar-refractivity contribution in [1.29, 1.82) is 0 Å². The summed E-state index contributed by atoms with van der Waals surface area (Å²) in [5.74, 6) is -0.286. The minimum absolute atomic E-state index is 0.164. The van der Waals surface area contributed by atoms with E-state index < -0.39 is 11.7 Å². The van der Waals surface area contributed by atoms with E-state index in [-0.39, 0.29) is 17.1 Å². The van der Waals surface area contributed by atoms with E-state index in [1.165, 1.54) is 18.2 Å². The number of rotatable bonds is 2. The van der Waals surface area contributed by atoms with Crippen LogP contribution in [0.1, 0.15) is 11.1 Å². The molecule has 2 rings (SSSR count). The maximum absolute atomic E-state index is 12.5.